The van der Waals surface area contributed by atoms with Crippen LogP contribution in [0.1, 0.15) is 20.8 Å². The second kappa shape index (κ2) is 9.60. The van der Waals surface area contributed by atoms with Crippen molar-refractivity contribution in [3.63, 3.8) is 0 Å². The molecule has 1 saturated carbocycles. The first-order chi connectivity index (χ1) is 15.3. The quantitative estimate of drug-likeness (QED) is 0.641. The summed E-state index contributed by atoms with van der Waals surface area (Å²) in [6.07, 6.45) is 6.64. The van der Waals surface area contributed by atoms with Crippen molar-refractivity contribution in [3.8, 4) is 17.3 Å². The van der Waals surface area contributed by atoms with Crippen molar-refractivity contribution < 1.29 is 0 Å². The number of fused-ring (bicyclic) bond motifs is 1. The Kier molecular flexibility index (Phi) is 7.88. The Labute approximate surface area is 206 Å². The van der Waals surface area contributed by atoms with Gasteiger partial charge in [0.15, 0.2) is 0 Å². The Hall–Kier alpha value is -2.16. The SMILES string of the molecule is CC.CC#N.[B]C1([B])C(Cn2cc(-c3ncnc4[nH]ccc34)cn2)C([B])([B])C([B])([B])C1([B])[B]. The minimum Gasteiger partial charge on any atom is -0.346 e. The van der Waals surface area contributed by atoms with Crippen LogP contribution in [0.15, 0.2) is 31.0 Å². The molecule has 0 atom stereocenters. The number of nitrogens with one attached hydrogen (secondary N) is 1. The molecule has 0 spiro atoms. The average molecular weight is 417 g/mol. The number of aromatic amines is 1. The largest absolute Gasteiger partial charge is 0.346 e. The van der Waals surface area contributed by atoms with Gasteiger partial charge in [-0.3, -0.25) is 4.68 Å². The lowest BCUT2D eigenvalue weighted by atomic mass is 9.17. The third kappa shape index (κ3) is 4.24. The molecule has 3 aromatic heterocycles. The van der Waals surface area contributed by atoms with Crippen LogP contribution in [-0.2, 0) is 6.54 Å². The topological polar surface area (TPSA) is 83.2 Å². The van der Waals surface area contributed by atoms with Crippen molar-refractivity contribution in [2.45, 2.75) is 48.2 Å². The van der Waals surface area contributed by atoms with Gasteiger partial charge in [0, 0.05) is 36.8 Å². The van der Waals surface area contributed by atoms with E-state index in [0.717, 1.165) is 10.9 Å². The summed E-state index contributed by atoms with van der Waals surface area (Å²) in [6.45, 7) is 5.52. The third-order valence-electron chi connectivity index (χ3n) is 5.90. The van der Waals surface area contributed by atoms with Crippen molar-refractivity contribution in [1.29, 1.82) is 5.26 Å². The average Bonchev–Trinajstić information content (AvgIpc) is 3.43. The minimum atomic E-state index is -1.92. The van der Waals surface area contributed by atoms with Gasteiger partial charge in [-0.05, 0) is 12.0 Å². The monoisotopic (exact) mass is 418 g/mol. The maximum Gasteiger partial charge on any atom is 0.141 e. The number of aromatic nitrogens is 5. The fourth-order valence-corrected chi connectivity index (χ4v) is 3.87. The Morgan fingerprint density at radius 2 is 1.58 bits per heavy atom. The molecule has 148 valence electrons. The van der Waals surface area contributed by atoms with Crippen LogP contribution in [0.4, 0.5) is 0 Å². The van der Waals surface area contributed by atoms with Crippen LogP contribution in [0, 0.1) is 17.2 Å². The Balaban J connectivity index is 0.000000714. The van der Waals surface area contributed by atoms with Crippen molar-refractivity contribution in [3.05, 3.63) is 31.0 Å². The number of rotatable bonds is 3. The molecule has 0 unspecified atom stereocenters. The highest BCUT2D eigenvalue weighted by atomic mass is 15.3. The number of H-pyrrole nitrogens is 1. The number of nitrogens with zero attached hydrogens (tertiary/aromatic N) is 5. The van der Waals surface area contributed by atoms with Gasteiger partial charge in [-0.1, -0.05) is 13.8 Å². The normalized spacial score (nSPS) is 19.5. The van der Waals surface area contributed by atoms with Crippen molar-refractivity contribution in [2.24, 2.45) is 5.92 Å². The predicted molar refractivity (Wildman–Crippen MR) is 138 cm³/mol. The first-order valence-corrected chi connectivity index (χ1v) is 10.3. The minimum absolute atomic E-state index is 0.0909. The maximum atomic E-state index is 7.32. The first-order valence-electron chi connectivity index (χ1n) is 10.3. The number of hydrogen-bond donors (Lipinski definition) is 1. The van der Waals surface area contributed by atoms with Gasteiger partial charge in [-0.25, -0.2) is 9.97 Å². The highest BCUT2D eigenvalue weighted by molar-refractivity contribution is 6.68. The van der Waals surface area contributed by atoms with Gasteiger partial charge in [0.05, 0.1) is 80.7 Å². The molecule has 1 fully saturated rings. The zero-order valence-electron chi connectivity index (χ0n) is 19.0. The molecule has 0 amide bonds. The summed E-state index contributed by atoms with van der Waals surface area (Å²) in [5.41, 5.74) is 2.18. The van der Waals surface area contributed by atoms with Gasteiger partial charge >= 0.3 is 0 Å². The molecule has 0 aliphatic heterocycles. The molecule has 0 saturated heterocycles. The number of nitriles is 1. The standard InChI is InChI=1S/C15H9B8N5.C2H3N.C2H6/c16-12(17)9(13(18,19)15(22,23)14(12,20)21)5-28-4-7(3-27-28)10-8-1-2-24-11(8)26-6-25-10;1-2-3;1-2/h1-4,6,9H,5H2,(H,24,25,26);1H3;1-2H3. The van der Waals surface area contributed by atoms with Gasteiger partial charge in [-0.2, -0.15) is 10.4 Å². The molecular weight excluding hydrogens is 399 g/mol. The lowest BCUT2D eigenvalue weighted by Crippen LogP contribution is -2.39. The van der Waals surface area contributed by atoms with E-state index < -0.39 is 26.8 Å². The number of hydrogen-bond acceptors (Lipinski definition) is 4. The molecule has 4 rings (SSSR count). The van der Waals surface area contributed by atoms with Gasteiger partial charge in [0.2, 0.25) is 0 Å². The molecule has 1 N–H and O–H groups in total. The fourth-order valence-electron chi connectivity index (χ4n) is 3.87. The predicted octanol–water partition coefficient (Wildman–Crippen LogP) is 0.820. The van der Waals surface area contributed by atoms with Crippen LogP contribution in [0.3, 0.4) is 0 Å². The van der Waals surface area contributed by atoms with Crippen molar-refractivity contribution in [1.82, 2.24) is 24.7 Å². The molecule has 0 bridgehead atoms. The van der Waals surface area contributed by atoms with Crippen LogP contribution in [0.25, 0.3) is 22.3 Å². The van der Waals surface area contributed by atoms with Crippen LogP contribution < -0.4 is 0 Å². The van der Waals surface area contributed by atoms with Crippen LogP contribution in [0.5, 0.6) is 0 Å². The first kappa shape index (κ1) is 27.1. The smallest absolute Gasteiger partial charge is 0.141 e. The Morgan fingerprint density at radius 1 is 1.03 bits per heavy atom. The zero-order chi connectivity index (χ0) is 25.2. The van der Waals surface area contributed by atoms with Crippen LogP contribution >= 0.6 is 0 Å². The lowest BCUT2D eigenvalue weighted by molar-refractivity contribution is 0.384. The summed E-state index contributed by atoms with van der Waals surface area (Å²) in [4.78, 5) is 11.5. The second-order valence-corrected chi connectivity index (χ2v) is 7.79. The summed E-state index contributed by atoms with van der Waals surface area (Å²) >= 11 is 0. The van der Waals surface area contributed by atoms with Gasteiger partial charge in [-0.15, -0.1) is 20.9 Å². The van der Waals surface area contributed by atoms with Crippen molar-refractivity contribution >= 4 is 73.8 Å². The maximum absolute atomic E-state index is 7.32. The van der Waals surface area contributed by atoms with Gasteiger partial charge in [0.25, 0.3) is 0 Å². The lowest BCUT2D eigenvalue weighted by Gasteiger charge is -2.51. The molecule has 14 heteroatoms. The van der Waals surface area contributed by atoms with E-state index in [1.54, 1.807) is 29.3 Å². The summed E-state index contributed by atoms with van der Waals surface area (Å²) in [5.74, 6) is -0.879. The van der Waals surface area contributed by atoms with Gasteiger partial charge < -0.3 is 4.98 Å². The molecule has 6 nitrogen and oxygen atoms in total. The summed E-state index contributed by atoms with van der Waals surface area (Å²) in [7, 11) is 49.1. The van der Waals surface area contributed by atoms with Crippen LogP contribution in [-0.4, -0.2) is 87.5 Å². The summed E-state index contributed by atoms with van der Waals surface area (Å²) < 4.78 is 1.57. The third-order valence-corrected chi connectivity index (χ3v) is 5.90. The summed E-state index contributed by atoms with van der Waals surface area (Å²) in [6, 6.07) is 3.63. The Bertz CT molecular complexity index is 1100. The molecule has 1 aliphatic rings. The van der Waals surface area contributed by atoms with E-state index in [4.69, 9.17) is 68.0 Å². The van der Waals surface area contributed by atoms with Crippen molar-refractivity contribution in [2.75, 3.05) is 0 Å². The van der Waals surface area contributed by atoms with E-state index in [1.165, 1.54) is 13.3 Å². The molecule has 1 aliphatic carbocycles. The van der Waals surface area contributed by atoms with E-state index in [0.29, 0.717) is 11.3 Å². The Morgan fingerprint density at radius 3 is 2.12 bits per heavy atom. The summed E-state index contributed by atoms with van der Waals surface area (Å²) in [5, 5.41) is 5.15. The van der Waals surface area contributed by atoms with E-state index in [1.807, 2.05) is 19.9 Å². The van der Waals surface area contributed by atoms with Gasteiger partial charge in [0.1, 0.15) is 12.0 Å². The molecule has 16 radical (unpaired) electrons. The highest BCUT2D eigenvalue weighted by Gasteiger charge is 2.63. The zero-order valence-corrected chi connectivity index (χ0v) is 19.0. The fraction of sp³-hybridized carbons (Fsp3) is 0.474. The highest BCUT2D eigenvalue weighted by Crippen LogP contribution is 2.78. The van der Waals surface area contributed by atoms with E-state index in [2.05, 4.69) is 20.1 Å². The molecule has 0 aromatic carbocycles. The van der Waals surface area contributed by atoms with E-state index in [9.17, 15) is 0 Å². The molecular formula is C19H18B8N6. The molecule has 3 heterocycles. The van der Waals surface area contributed by atoms with E-state index in [-0.39, 0.29) is 6.54 Å². The second-order valence-electron chi connectivity index (χ2n) is 7.79. The molecule has 33 heavy (non-hydrogen) atoms. The van der Waals surface area contributed by atoms with E-state index >= 15 is 0 Å². The molecule has 3 aromatic rings. The van der Waals surface area contributed by atoms with Crippen LogP contribution in [0.2, 0.25) is 20.9 Å².